The Kier molecular flexibility index (Phi) is 7.27. The van der Waals surface area contributed by atoms with E-state index in [9.17, 15) is 14.9 Å². The van der Waals surface area contributed by atoms with Gasteiger partial charge in [0.05, 0.1) is 37.4 Å². The van der Waals surface area contributed by atoms with Crippen LogP contribution in [0, 0.1) is 10.1 Å². The van der Waals surface area contributed by atoms with Gasteiger partial charge in [-0.1, -0.05) is 6.08 Å². The number of carbonyl (C=O) groups is 1. The molecule has 8 heteroatoms. The van der Waals surface area contributed by atoms with Gasteiger partial charge in [-0.15, -0.1) is 0 Å². The molecule has 0 spiro atoms. The predicted molar refractivity (Wildman–Crippen MR) is 123 cm³/mol. The van der Waals surface area contributed by atoms with Crippen LogP contribution in [0.5, 0.6) is 17.2 Å². The first-order valence-corrected chi connectivity index (χ1v) is 10.1. The van der Waals surface area contributed by atoms with Crippen molar-refractivity contribution in [2.75, 3.05) is 41.5 Å². The first kappa shape index (κ1) is 23.0. The Bertz CT molecular complexity index is 1070. The van der Waals surface area contributed by atoms with Crippen LogP contribution in [0.25, 0.3) is 11.6 Å². The first-order chi connectivity index (χ1) is 15.4. The lowest BCUT2D eigenvalue weighted by Gasteiger charge is -2.25. The molecule has 0 radical (unpaired) electrons. The highest BCUT2D eigenvalue weighted by atomic mass is 16.6. The van der Waals surface area contributed by atoms with Crippen molar-refractivity contribution >= 4 is 23.1 Å². The molecule has 0 bridgehead atoms. The average molecular weight is 438 g/mol. The van der Waals surface area contributed by atoms with E-state index in [0.29, 0.717) is 28.4 Å². The van der Waals surface area contributed by atoms with Crippen molar-refractivity contribution in [3.05, 3.63) is 69.3 Å². The summed E-state index contributed by atoms with van der Waals surface area (Å²) in [7, 11) is 6.77. The van der Waals surface area contributed by atoms with E-state index < -0.39 is 4.92 Å². The molecule has 0 aromatic heterocycles. The van der Waals surface area contributed by atoms with Gasteiger partial charge in [-0.05, 0) is 43.3 Å². The molecule has 2 aromatic rings. The molecule has 0 N–H and O–H groups in total. The van der Waals surface area contributed by atoms with Gasteiger partial charge >= 0.3 is 0 Å². The fourth-order valence-corrected chi connectivity index (χ4v) is 3.63. The lowest BCUT2D eigenvalue weighted by Crippen LogP contribution is -2.24. The minimum Gasteiger partial charge on any atom is -0.496 e. The second kappa shape index (κ2) is 10.1. The minimum absolute atomic E-state index is 0.0694. The number of allylic oxidation sites excluding steroid dienone is 1. The van der Waals surface area contributed by atoms with E-state index >= 15 is 0 Å². The molecule has 168 valence electrons. The van der Waals surface area contributed by atoms with Gasteiger partial charge in [0.15, 0.2) is 5.78 Å². The van der Waals surface area contributed by atoms with Crippen molar-refractivity contribution in [3.8, 4) is 17.2 Å². The number of benzene rings is 2. The van der Waals surface area contributed by atoms with Crippen LogP contribution >= 0.6 is 0 Å². The SMILES string of the molecule is COc1cc(OC)c(C2=CCN(C)CC2)c(OC)c1/C=C/C(=O)c1ccc([N+](=O)[O-])cc1. The molecule has 0 atom stereocenters. The van der Waals surface area contributed by atoms with E-state index in [2.05, 4.69) is 18.0 Å². The van der Waals surface area contributed by atoms with Gasteiger partial charge in [-0.2, -0.15) is 0 Å². The fraction of sp³-hybridized carbons (Fsp3) is 0.292. The van der Waals surface area contributed by atoms with Gasteiger partial charge in [-0.3, -0.25) is 14.9 Å². The highest BCUT2D eigenvalue weighted by Gasteiger charge is 2.23. The molecular formula is C24H26N2O6. The van der Waals surface area contributed by atoms with E-state index in [-0.39, 0.29) is 11.5 Å². The van der Waals surface area contributed by atoms with Gasteiger partial charge in [-0.25, -0.2) is 0 Å². The topological polar surface area (TPSA) is 91.1 Å². The quantitative estimate of drug-likeness (QED) is 0.264. The number of nitro groups is 1. The van der Waals surface area contributed by atoms with Gasteiger partial charge in [0.1, 0.15) is 17.2 Å². The maximum Gasteiger partial charge on any atom is 0.269 e. The Morgan fingerprint density at radius 1 is 1.09 bits per heavy atom. The van der Waals surface area contributed by atoms with Gasteiger partial charge in [0.2, 0.25) is 0 Å². The van der Waals surface area contributed by atoms with Crippen molar-refractivity contribution in [2.45, 2.75) is 6.42 Å². The number of nitro benzene ring substituents is 1. The van der Waals surface area contributed by atoms with E-state index in [1.54, 1.807) is 26.4 Å². The number of ether oxygens (including phenoxy) is 3. The molecule has 8 nitrogen and oxygen atoms in total. The first-order valence-electron chi connectivity index (χ1n) is 10.1. The highest BCUT2D eigenvalue weighted by Crippen LogP contribution is 2.45. The number of hydrogen-bond donors (Lipinski definition) is 0. The summed E-state index contributed by atoms with van der Waals surface area (Å²) in [5.74, 6) is 1.40. The number of methoxy groups -OCH3 is 3. The molecule has 0 saturated carbocycles. The van der Waals surface area contributed by atoms with Crippen molar-refractivity contribution in [1.29, 1.82) is 0 Å². The highest BCUT2D eigenvalue weighted by molar-refractivity contribution is 6.07. The zero-order chi connectivity index (χ0) is 23.3. The fourth-order valence-electron chi connectivity index (χ4n) is 3.63. The van der Waals surface area contributed by atoms with Crippen molar-refractivity contribution in [2.24, 2.45) is 0 Å². The molecule has 1 heterocycles. The number of nitrogens with zero attached hydrogens (tertiary/aromatic N) is 2. The number of hydrogen-bond acceptors (Lipinski definition) is 7. The predicted octanol–water partition coefficient (Wildman–Crippen LogP) is 4.24. The van der Waals surface area contributed by atoms with Crippen LogP contribution < -0.4 is 14.2 Å². The summed E-state index contributed by atoms with van der Waals surface area (Å²) >= 11 is 0. The number of carbonyl (C=O) groups excluding carboxylic acids is 1. The maximum absolute atomic E-state index is 12.7. The van der Waals surface area contributed by atoms with Crippen molar-refractivity contribution in [3.63, 3.8) is 0 Å². The normalized spacial score (nSPS) is 14.2. The van der Waals surface area contributed by atoms with Gasteiger partial charge in [0, 0.05) is 36.9 Å². The Morgan fingerprint density at radius 3 is 2.31 bits per heavy atom. The standard InChI is InChI=1S/C24H26N2O6/c1-25-13-11-17(12-14-25)23-22(31-3)15-21(30-2)19(24(23)32-4)9-10-20(27)16-5-7-18(8-6-16)26(28)29/h5-11,15H,12-14H2,1-4H3/b10-9+. The third kappa shape index (κ3) is 4.81. The molecular weight excluding hydrogens is 412 g/mol. The summed E-state index contributed by atoms with van der Waals surface area (Å²) in [6, 6.07) is 7.26. The summed E-state index contributed by atoms with van der Waals surface area (Å²) in [6.45, 7) is 1.73. The van der Waals surface area contributed by atoms with E-state index in [1.165, 1.54) is 37.5 Å². The second-order valence-corrected chi connectivity index (χ2v) is 7.35. The van der Waals surface area contributed by atoms with Crippen LogP contribution in [0.2, 0.25) is 0 Å². The van der Waals surface area contributed by atoms with E-state index in [0.717, 1.165) is 30.6 Å². The molecule has 0 amide bonds. The smallest absolute Gasteiger partial charge is 0.269 e. The molecule has 0 aliphatic carbocycles. The largest absolute Gasteiger partial charge is 0.496 e. The Balaban J connectivity index is 2.03. The van der Waals surface area contributed by atoms with E-state index in [4.69, 9.17) is 14.2 Å². The number of rotatable bonds is 8. The molecule has 32 heavy (non-hydrogen) atoms. The molecule has 0 saturated heterocycles. The summed E-state index contributed by atoms with van der Waals surface area (Å²) in [4.78, 5) is 25.2. The third-order valence-electron chi connectivity index (χ3n) is 5.39. The lowest BCUT2D eigenvalue weighted by molar-refractivity contribution is -0.384. The molecule has 1 aliphatic heterocycles. The van der Waals surface area contributed by atoms with Crippen LogP contribution in [0.4, 0.5) is 5.69 Å². The minimum atomic E-state index is -0.504. The monoisotopic (exact) mass is 438 g/mol. The molecule has 0 fully saturated rings. The zero-order valence-corrected chi connectivity index (χ0v) is 18.6. The zero-order valence-electron chi connectivity index (χ0n) is 18.6. The van der Waals surface area contributed by atoms with Crippen LogP contribution in [-0.2, 0) is 0 Å². The second-order valence-electron chi connectivity index (χ2n) is 7.35. The summed E-state index contributed by atoms with van der Waals surface area (Å²) in [5, 5.41) is 10.8. The maximum atomic E-state index is 12.7. The van der Waals surface area contributed by atoms with Gasteiger partial charge in [0.25, 0.3) is 5.69 Å². The van der Waals surface area contributed by atoms with E-state index in [1.807, 2.05) is 0 Å². The summed E-state index contributed by atoms with van der Waals surface area (Å²) in [6.07, 6.45) is 6.02. The average Bonchev–Trinajstić information content (AvgIpc) is 2.82. The molecule has 1 aliphatic rings. The van der Waals surface area contributed by atoms with Crippen molar-refractivity contribution in [1.82, 2.24) is 4.90 Å². The molecule has 2 aromatic carbocycles. The summed E-state index contributed by atoms with van der Waals surface area (Å²) in [5.41, 5.74) is 2.83. The number of non-ortho nitro benzene ring substituents is 1. The lowest BCUT2D eigenvalue weighted by atomic mass is 9.94. The Morgan fingerprint density at radius 2 is 1.78 bits per heavy atom. The van der Waals surface area contributed by atoms with Crippen LogP contribution in [-0.4, -0.2) is 57.1 Å². The van der Waals surface area contributed by atoms with Crippen LogP contribution in [0.3, 0.4) is 0 Å². The van der Waals surface area contributed by atoms with Crippen LogP contribution in [0.1, 0.15) is 27.9 Å². The Labute approximate surface area is 186 Å². The summed E-state index contributed by atoms with van der Waals surface area (Å²) < 4.78 is 16.9. The van der Waals surface area contributed by atoms with Gasteiger partial charge < -0.3 is 19.1 Å². The number of likely N-dealkylation sites (N-methyl/N-ethyl adjacent to an activating group) is 1. The number of ketones is 1. The molecule has 3 rings (SSSR count). The van der Waals surface area contributed by atoms with Crippen molar-refractivity contribution < 1.29 is 23.9 Å². The Hall–Kier alpha value is -3.65. The third-order valence-corrected chi connectivity index (χ3v) is 5.39. The molecule has 0 unspecified atom stereocenters. The van der Waals surface area contributed by atoms with Crippen LogP contribution in [0.15, 0.2) is 42.5 Å².